The van der Waals surface area contributed by atoms with Crippen molar-refractivity contribution in [2.24, 2.45) is 23.9 Å². The van der Waals surface area contributed by atoms with E-state index in [1.54, 1.807) is 0 Å². The molecule has 0 aromatic carbocycles. The number of amidine groups is 1. The van der Waals surface area contributed by atoms with E-state index in [2.05, 4.69) is 35.1 Å². The van der Waals surface area contributed by atoms with Crippen LogP contribution in [0.15, 0.2) is 11.2 Å². The molecule has 0 aliphatic rings. The van der Waals surface area contributed by atoms with Crippen molar-refractivity contribution in [2.75, 3.05) is 13.1 Å². The third-order valence-corrected chi connectivity index (χ3v) is 3.37. The smallest absolute Gasteiger partial charge is 0.143 e. The number of hydrogen-bond donors (Lipinski definition) is 2. The summed E-state index contributed by atoms with van der Waals surface area (Å²) in [7, 11) is 1.97. The topological polar surface area (TPSA) is 79.7 Å². The number of nitrogens with two attached hydrogens (primary N) is 1. The summed E-state index contributed by atoms with van der Waals surface area (Å²) in [6.45, 7) is 8.66. The van der Waals surface area contributed by atoms with Crippen molar-refractivity contribution in [3.05, 3.63) is 17.5 Å². The Labute approximate surface area is 114 Å². The predicted octanol–water partition coefficient (Wildman–Crippen LogP) is 1.19. The lowest BCUT2D eigenvalue weighted by Crippen LogP contribution is -2.35. The standard InChI is InChI=1S/C13H25N5O/c1-5-11-7-12(17(4)15-11)9-18(6-2)8-10(3)13(14)16-19/h7,10,19H,5-6,8-9H2,1-4H3,(H2,14,16). The number of oxime groups is 1. The van der Waals surface area contributed by atoms with Crippen molar-refractivity contribution in [2.45, 2.75) is 33.7 Å². The monoisotopic (exact) mass is 267 g/mol. The maximum Gasteiger partial charge on any atom is 0.143 e. The van der Waals surface area contributed by atoms with Crippen LogP contribution in [0.5, 0.6) is 0 Å². The molecule has 1 rings (SSSR count). The van der Waals surface area contributed by atoms with E-state index < -0.39 is 0 Å². The highest BCUT2D eigenvalue weighted by Gasteiger charge is 2.14. The fraction of sp³-hybridized carbons (Fsp3) is 0.692. The molecule has 0 aliphatic heterocycles. The Morgan fingerprint density at radius 1 is 1.58 bits per heavy atom. The minimum Gasteiger partial charge on any atom is -0.409 e. The van der Waals surface area contributed by atoms with Gasteiger partial charge in [0.05, 0.1) is 11.4 Å². The van der Waals surface area contributed by atoms with E-state index in [1.165, 1.54) is 5.69 Å². The predicted molar refractivity (Wildman–Crippen MR) is 76.1 cm³/mol. The van der Waals surface area contributed by atoms with E-state index >= 15 is 0 Å². The second-order valence-electron chi connectivity index (χ2n) is 4.86. The van der Waals surface area contributed by atoms with Gasteiger partial charge in [-0.05, 0) is 19.0 Å². The molecule has 0 spiro atoms. The zero-order valence-corrected chi connectivity index (χ0v) is 12.3. The zero-order valence-electron chi connectivity index (χ0n) is 12.3. The van der Waals surface area contributed by atoms with Gasteiger partial charge in [0.1, 0.15) is 5.84 Å². The van der Waals surface area contributed by atoms with E-state index in [4.69, 9.17) is 10.9 Å². The van der Waals surface area contributed by atoms with Gasteiger partial charge in [0.2, 0.25) is 0 Å². The highest BCUT2D eigenvalue weighted by molar-refractivity contribution is 5.82. The molecular formula is C13H25N5O. The Balaban J connectivity index is 2.68. The highest BCUT2D eigenvalue weighted by atomic mass is 16.4. The van der Waals surface area contributed by atoms with Gasteiger partial charge in [-0.2, -0.15) is 5.10 Å². The molecule has 0 radical (unpaired) electrons. The van der Waals surface area contributed by atoms with E-state index in [-0.39, 0.29) is 11.8 Å². The molecule has 0 fully saturated rings. The maximum absolute atomic E-state index is 8.69. The first-order valence-electron chi connectivity index (χ1n) is 6.73. The molecule has 1 aromatic heterocycles. The maximum atomic E-state index is 8.69. The molecule has 1 unspecified atom stereocenters. The van der Waals surface area contributed by atoms with Gasteiger partial charge in [-0.25, -0.2) is 0 Å². The molecule has 19 heavy (non-hydrogen) atoms. The van der Waals surface area contributed by atoms with E-state index in [1.807, 2.05) is 18.7 Å². The molecule has 6 nitrogen and oxygen atoms in total. The molecule has 1 aromatic rings. The molecule has 0 bridgehead atoms. The van der Waals surface area contributed by atoms with Crippen molar-refractivity contribution >= 4 is 5.84 Å². The molecule has 0 aliphatic carbocycles. The summed E-state index contributed by atoms with van der Waals surface area (Å²) in [4.78, 5) is 2.26. The minimum atomic E-state index is 0.0313. The summed E-state index contributed by atoms with van der Waals surface area (Å²) < 4.78 is 1.93. The Kier molecular flexibility index (Phi) is 5.82. The average Bonchev–Trinajstić information content (AvgIpc) is 2.77. The van der Waals surface area contributed by atoms with Gasteiger partial charge in [-0.3, -0.25) is 9.58 Å². The summed E-state index contributed by atoms with van der Waals surface area (Å²) >= 11 is 0. The lowest BCUT2D eigenvalue weighted by molar-refractivity contribution is 0.252. The largest absolute Gasteiger partial charge is 0.409 e. The van der Waals surface area contributed by atoms with Gasteiger partial charge in [0.25, 0.3) is 0 Å². The summed E-state index contributed by atoms with van der Waals surface area (Å²) in [6, 6.07) is 2.14. The van der Waals surface area contributed by atoms with Crippen LogP contribution in [0.4, 0.5) is 0 Å². The van der Waals surface area contributed by atoms with E-state index in [0.29, 0.717) is 0 Å². The Bertz CT molecular complexity index is 427. The van der Waals surface area contributed by atoms with Crippen LogP contribution in [-0.4, -0.2) is 38.8 Å². The second-order valence-corrected chi connectivity index (χ2v) is 4.86. The second kappa shape index (κ2) is 7.13. The molecule has 1 atom stereocenters. The van der Waals surface area contributed by atoms with E-state index in [9.17, 15) is 0 Å². The number of hydrogen-bond acceptors (Lipinski definition) is 4. The SMILES string of the molecule is CCc1cc(CN(CC)CC(C)C(N)=NO)n(C)n1. The molecule has 0 amide bonds. The summed E-state index contributed by atoms with van der Waals surface area (Å²) in [6.07, 6.45) is 0.945. The van der Waals surface area contributed by atoms with Crippen LogP contribution in [0.2, 0.25) is 0 Å². The zero-order chi connectivity index (χ0) is 14.4. The number of aryl methyl sites for hydroxylation is 2. The molecule has 0 saturated heterocycles. The normalized spacial score (nSPS) is 14.1. The fourth-order valence-corrected chi connectivity index (χ4v) is 2.01. The van der Waals surface area contributed by atoms with Crippen LogP contribution >= 0.6 is 0 Å². The van der Waals surface area contributed by atoms with Gasteiger partial charge >= 0.3 is 0 Å². The van der Waals surface area contributed by atoms with Crippen molar-refractivity contribution < 1.29 is 5.21 Å². The summed E-state index contributed by atoms with van der Waals surface area (Å²) in [5.74, 6) is 0.307. The van der Waals surface area contributed by atoms with Gasteiger partial charge in [-0.1, -0.05) is 25.9 Å². The third kappa shape index (κ3) is 4.24. The first-order chi connectivity index (χ1) is 9.01. The van der Waals surface area contributed by atoms with Gasteiger partial charge < -0.3 is 10.9 Å². The number of aromatic nitrogens is 2. The van der Waals surface area contributed by atoms with Gasteiger partial charge in [0, 0.05) is 26.1 Å². The molecule has 1 heterocycles. The van der Waals surface area contributed by atoms with Crippen LogP contribution in [0.1, 0.15) is 32.2 Å². The molecule has 108 valence electrons. The van der Waals surface area contributed by atoms with Crippen LogP contribution in [0.25, 0.3) is 0 Å². The Morgan fingerprint density at radius 2 is 2.26 bits per heavy atom. The lowest BCUT2D eigenvalue weighted by Gasteiger charge is -2.23. The Hall–Kier alpha value is -1.56. The van der Waals surface area contributed by atoms with Crippen LogP contribution in [-0.2, 0) is 20.0 Å². The van der Waals surface area contributed by atoms with Crippen molar-refractivity contribution in [1.82, 2.24) is 14.7 Å². The molecule has 3 N–H and O–H groups in total. The van der Waals surface area contributed by atoms with Crippen LogP contribution in [0.3, 0.4) is 0 Å². The molecule has 6 heteroatoms. The van der Waals surface area contributed by atoms with Crippen molar-refractivity contribution in [3.8, 4) is 0 Å². The number of nitrogens with zero attached hydrogens (tertiary/aromatic N) is 4. The van der Waals surface area contributed by atoms with Crippen LogP contribution in [0, 0.1) is 5.92 Å². The quantitative estimate of drug-likeness (QED) is 0.336. The first-order valence-corrected chi connectivity index (χ1v) is 6.73. The first kappa shape index (κ1) is 15.5. The average molecular weight is 267 g/mol. The van der Waals surface area contributed by atoms with Crippen LogP contribution < -0.4 is 5.73 Å². The van der Waals surface area contributed by atoms with Crippen molar-refractivity contribution in [1.29, 1.82) is 0 Å². The Morgan fingerprint density at radius 3 is 2.74 bits per heavy atom. The highest BCUT2D eigenvalue weighted by Crippen LogP contribution is 2.09. The molecular weight excluding hydrogens is 242 g/mol. The van der Waals surface area contributed by atoms with Gasteiger partial charge in [-0.15, -0.1) is 0 Å². The summed E-state index contributed by atoms with van der Waals surface area (Å²) in [5.41, 5.74) is 7.92. The fourth-order valence-electron chi connectivity index (χ4n) is 2.01. The van der Waals surface area contributed by atoms with Gasteiger partial charge in [0.15, 0.2) is 0 Å². The third-order valence-electron chi connectivity index (χ3n) is 3.37. The lowest BCUT2D eigenvalue weighted by atomic mass is 10.1. The minimum absolute atomic E-state index is 0.0313. The van der Waals surface area contributed by atoms with Crippen molar-refractivity contribution in [3.63, 3.8) is 0 Å². The molecule has 0 saturated carbocycles. The summed E-state index contributed by atoms with van der Waals surface area (Å²) in [5, 5.41) is 16.2. The van der Waals surface area contributed by atoms with E-state index in [0.717, 1.165) is 31.7 Å². The number of rotatable bonds is 7.